The van der Waals surface area contributed by atoms with E-state index in [1.807, 2.05) is 29.2 Å². The third-order valence-electron chi connectivity index (χ3n) is 4.04. The summed E-state index contributed by atoms with van der Waals surface area (Å²) in [5.41, 5.74) is 1.51. The minimum absolute atomic E-state index is 0.0789. The maximum absolute atomic E-state index is 12.1. The average molecular weight is 285 g/mol. The number of anilines is 1. The van der Waals surface area contributed by atoms with Crippen molar-refractivity contribution in [1.29, 1.82) is 0 Å². The Bertz CT molecular complexity index is 730. The number of rotatable bonds is 3. The lowest BCUT2D eigenvalue weighted by Crippen LogP contribution is -2.33. The summed E-state index contributed by atoms with van der Waals surface area (Å²) in [4.78, 5) is 25.9. The van der Waals surface area contributed by atoms with Gasteiger partial charge in [-0.25, -0.2) is 0 Å². The molecule has 0 spiro atoms. The molecule has 0 radical (unpaired) electrons. The third-order valence-corrected chi connectivity index (χ3v) is 4.04. The van der Waals surface area contributed by atoms with Gasteiger partial charge in [-0.2, -0.15) is 0 Å². The minimum Gasteiger partial charge on any atom is -0.375 e. The van der Waals surface area contributed by atoms with Gasteiger partial charge >= 0.3 is 0 Å². The lowest BCUT2D eigenvalue weighted by atomic mass is 10.2. The number of nitrogens with one attached hydrogen (secondary N) is 1. The Morgan fingerprint density at radius 1 is 1.24 bits per heavy atom. The van der Waals surface area contributed by atoms with Crippen molar-refractivity contribution >= 4 is 22.5 Å². The number of hydrogen-bond donors (Lipinski definition) is 1. The number of para-hydroxylation sites is 1. The first-order valence-electron chi connectivity index (χ1n) is 7.27. The van der Waals surface area contributed by atoms with E-state index in [2.05, 4.69) is 5.32 Å². The van der Waals surface area contributed by atoms with Gasteiger partial charge in [-0.1, -0.05) is 18.2 Å². The van der Waals surface area contributed by atoms with Crippen molar-refractivity contribution in [3.05, 3.63) is 40.7 Å². The quantitative estimate of drug-likeness (QED) is 0.931. The van der Waals surface area contributed by atoms with Crippen LogP contribution < -0.4 is 10.9 Å². The highest BCUT2D eigenvalue weighted by atomic mass is 16.2. The Kier molecular flexibility index (Phi) is 3.64. The number of carbonyl (C=O) groups is 1. The van der Waals surface area contributed by atoms with Crippen LogP contribution in [0.3, 0.4) is 0 Å². The molecule has 110 valence electrons. The van der Waals surface area contributed by atoms with Crippen molar-refractivity contribution in [1.82, 2.24) is 9.47 Å². The maximum atomic E-state index is 12.1. The Hall–Kier alpha value is -2.30. The first-order chi connectivity index (χ1) is 10.2. The topological polar surface area (TPSA) is 54.3 Å². The number of amides is 1. The Balaban J connectivity index is 1.85. The standard InChI is InChI=1S/C16H19N3O2/c1-18-14-7-3-2-6-12(14)13(10-15(18)20)17-11-16(21)19-8-4-5-9-19/h2-3,6-7,10,17H,4-5,8-9,11H2,1H3. The van der Waals surface area contributed by atoms with Gasteiger partial charge in [0.25, 0.3) is 5.56 Å². The molecule has 3 rings (SSSR count). The number of likely N-dealkylation sites (tertiary alicyclic amines) is 1. The Morgan fingerprint density at radius 3 is 2.71 bits per heavy atom. The van der Waals surface area contributed by atoms with Crippen LogP contribution in [0.4, 0.5) is 5.69 Å². The fourth-order valence-corrected chi connectivity index (χ4v) is 2.81. The summed E-state index contributed by atoms with van der Waals surface area (Å²) in [5, 5.41) is 4.08. The van der Waals surface area contributed by atoms with E-state index in [9.17, 15) is 9.59 Å². The molecular formula is C16H19N3O2. The van der Waals surface area contributed by atoms with Gasteiger partial charge < -0.3 is 14.8 Å². The van der Waals surface area contributed by atoms with Crippen LogP contribution >= 0.6 is 0 Å². The molecule has 0 unspecified atom stereocenters. The summed E-state index contributed by atoms with van der Waals surface area (Å²) < 4.78 is 1.61. The third kappa shape index (κ3) is 2.63. The minimum atomic E-state index is -0.0789. The van der Waals surface area contributed by atoms with Crippen LogP contribution in [0.5, 0.6) is 0 Å². The van der Waals surface area contributed by atoms with E-state index in [1.165, 1.54) is 0 Å². The number of fused-ring (bicyclic) bond motifs is 1. The second kappa shape index (κ2) is 5.60. The summed E-state index contributed by atoms with van der Waals surface area (Å²) in [6.45, 7) is 1.92. The van der Waals surface area contributed by atoms with Gasteiger partial charge in [0.15, 0.2) is 0 Å². The number of nitrogens with zero attached hydrogens (tertiary/aromatic N) is 2. The molecule has 1 aromatic heterocycles. The normalized spacial score (nSPS) is 14.6. The highest BCUT2D eigenvalue weighted by molar-refractivity contribution is 5.93. The molecule has 1 amide bonds. The van der Waals surface area contributed by atoms with Gasteiger partial charge in [-0.15, -0.1) is 0 Å². The maximum Gasteiger partial charge on any atom is 0.252 e. The molecule has 1 N–H and O–H groups in total. The van der Waals surface area contributed by atoms with Gasteiger partial charge in [-0.3, -0.25) is 9.59 Å². The summed E-state index contributed by atoms with van der Waals surface area (Å²) >= 11 is 0. The largest absolute Gasteiger partial charge is 0.375 e. The molecule has 5 nitrogen and oxygen atoms in total. The number of pyridine rings is 1. The van der Waals surface area contributed by atoms with Crippen LogP contribution in [0.15, 0.2) is 35.1 Å². The molecule has 0 atom stereocenters. The highest BCUT2D eigenvalue weighted by Crippen LogP contribution is 2.20. The second-order valence-electron chi connectivity index (χ2n) is 5.41. The molecule has 1 aliphatic heterocycles. The van der Waals surface area contributed by atoms with Crippen LogP contribution in [0.25, 0.3) is 10.9 Å². The lowest BCUT2D eigenvalue weighted by Gasteiger charge is -2.17. The zero-order chi connectivity index (χ0) is 14.8. The van der Waals surface area contributed by atoms with Crippen molar-refractivity contribution in [2.75, 3.05) is 25.0 Å². The molecule has 2 heterocycles. The molecular weight excluding hydrogens is 266 g/mol. The monoisotopic (exact) mass is 285 g/mol. The average Bonchev–Trinajstić information content (AvgIpc) is 3.03. The zero-order valence-electron chi connectivity index (χ0n) is 12.1. The predicted octanol–water partition coefficient (Wildman–Crippen LogP) is 1.57. The van der Waals surface area contributed by atoms with Gasteiger partial charge in [0, 0.05) is 37.3 Å². The van der Waals surface area contributed by atoms with E-state index in [-0.39, 0.29) is 18.0 Å². The molecule has 1 aliphatic rings. The fraction of sp³-hybridized carbons (Fsp3) is 0.375. The first kappa shape index (κ1) is 13.7. The molecule has 0 aliphatic carbocycles. The summed E-state index contributed by atoms with van der Waals surface area (Å²) in [5.74, 6) is 0.0947. The second-order valence-corrected chi connectivity index (χ2v) is 5.41. The summed E-state index contributed by atoms with van der Waals surface area (Å²) in [6.07, 6.45) is 2.17. The van der Waals surface area contributed by atoms with Crippen molar-refractivity contribution in [3.8, 4) is 0 Å². The SMILES string of the molecule is Cn1c(=O)cc(NCC(=O)N2CCCC2)c2ccccc21. The Morgan fingerprint density at radius 2 is 1.95 bits per heavy atom. The lowest BCUT2D eigenvalue weighted by molar-refractivity contribution is -0.128. The van der Waals surface area contributed by atoms with Crippen LogP contribution in [0.2, 0.25) is 0 Å². The van der Waals surface area contributed by atoms with E-state index in [1.54, 1.807) is 17.7 Å². The molecule has 21 heavy (non-hydrogen) atoms. The van der Waals surface area contributed by atoms with Gasteiger partial charge in [0.2, 0.25) is 5.91 Å². The number of aryl methyl sites for hydroxylation is 1. The molecule has 1 fully saturated rings. The molecule has 5 heteroatoms. The highest BCUT2D eigenvalue weighted by Gasteiger charge is 2.17. The van der Waals surface area contributed by atoms with E-state index >= 15 is 0 Å². The van der Waals surface area contributed by atoms with E-state index < -0.39 is 0 Å². The van der Waals surface area contributed by atoms with Gasteiger partial charge in [0.05, 0.1) is 12.1 Å². The smallest absolute Gasteiger partial charge is 0.252 e. The number of aromatic nitrogens is 1. The molecule has 0 bridgehead atoms. The van der Waals surface area contributed by atoms with Crippen molar-refractivity contribution < 1.29 is 4.79 Å². The number of carbonyl (C=O) groups excluding carboxylic acids is 1. The van der Waals surface area contributed by atoms with Gasteiger partial charge in [-0.05, 0) is 18.9 Å². The predicted molar refractivity (Wildman–Crippen MR) is 83.5 cm³/mol. The fourth-order valence-electron chi connectivity index (χ4n) is 2.81. The zero-order valence-corrected chi connectivity index (χ0v) is 12.1. The van der Waals surface area contributed by atoms with E-state index in [0.29, 0.717) is 0 Å². The van der Waals surface area contributed by atoms with Crippen molar-refractivity contribution in [2.24, 2.45) is 7.05 Å². The number of benzene rings is 1. The number of hydrogen-bond acceptors (Lipinski definition) is 3. The summed E-state index contributed by atoms with van der Waals surface area (Å²) in [7, 11) is 1.75. The molecule has 0 saturated carbocycles. The summed E-state index contributed by atoms with van der Waals surface area (Å²) in [6, 6.07) is 9.25. The molecule has 1 aromatic carbocycles. The van der Waals surface area contributed by atoms with Crippen LogP contribution in [0, 0.1) is 0 Å². The van der Waals surface area contributed by atoms with E-state index in [4.69, 9.17) is 0 Å². The Labute approximate surface area is 123 Å². The van der Waals surface area contributed by atoms with E-state index in [0.717, 1.165) is 42.5 Å². The van der Waals surface area contributed by atoms with Crippen LogP contribution in [-0.2, 0) is 11.8 Å². The van der Waals surface area contributed by atoms with Crippen LogP contribution in [0.1, 0.15) is 12.8 Å². The van der Waals surface area contributed by atoms with Crippen molar-refractivity contribution in [2.45, 2.75) is 12.8 Å². The van der Waals surface area contributed by atoms with Gasteiger partial charge in [0.1, 0.15) is 0 Å². The van der Waals surface area contributed by atoms with Crippen molar-refractivity contribution in [3.63, 3.8) is 0 Å². The van der Waals surface area contributed by atoms with Crippen LogP contribution in [-0.4, -0.2) is 35.0 Å². The first-order valence-corrected chi connectivity index (χ1v) is 7.27. The molecule has 1 saturated heterocycles. The molecule has 2 aromatic rings.